The van der Waals surface area contributed by atoms with Gasteiger partial charge in [0, 0.05) is 19.1 Å². The highest BCUT2D eigenvalue weighted by Crippen LogP contribution is 2.31. The summed E-state index contributed by atoms with van der Waals surface area (Å²) in [5, 5.41) is 11.8. The monoisotopic (exact) mass is 253 g/mol. The first-order chi connectivity index (χ1) is 8.76. The molecule has 0 amide bonds. The second-order valence-electron chi connectivity index (χ2n) is 4.94. The lowest BCUT2D eigenvalue weighted by Crippen LogP contribution is -2.23. The molecule has 1 aromatic heterocycles. The summed E-state index contributed by atoms with van der Waals surface area (Å²) in [6.45, 7) is 8.86. The van der Waals surface area contributed by atoms with Crippen molar-refractivity contribution in [1.29, 1.82) is 0 Å². The smallest absolute Gasteiger partial charge is 0.233 e. The van der Waals surface area contributed by atoms with E-state index in [1.165, 1.54) is 0 Å². The van der Waals surface area contributed by atoms with E-state index in [1.54, 1.807) is 0 Å². The van der Waals surface area contributed by atoms with Crippen molar-refractivity contribution in [2.75, 3.05) is 19.8 Å². The number of nitrogens with one attached hydrogen (secondary N) is 1. The first-order valence-electron chi connectivity index (χ1n) is 6.90. The highest BCUT2D eigenvalue weighted by molar-refractivity contribution is 4.98. The number of rotatable bonds is 5. The quantitative estimate of drug-likeness (QED) is 0.872. The van der Waals surface area contributed by atoms with Crippen LogP contribution in [0.4, 0.5) is 0 Å². The summed E-state index contributed by atoms with van der Waals surface area (Å²) < 4.78 is 11.3. The lowest BCUT2D eigenvalue weighted by molar-refractivity contribution is 0.0403. The van der Waals surface area contributed by atoms with Gasteiger partial charge < -0.3 is 14.5 Å². The molecule has 0 aliphatic carbocycles. The van der Waals surface area contributed by atoms with Crippen LogP contribution in [0.25, 0.3) is 0 Å². The van der Waals surface area contributed by atoms with Crippen molar-refractivity contribution >= 4 is 0 Å². The van der Waals surface area contributed by atoms with Crippen molar-refractivity contribution in [3.63, 3.8) is 0 Å². The molecule has 5 heteroatoms. The Morgan fingerprint density at radius 3 is 2.89 bits per heavy atom. The van der Waals surface area contributed by atoms with Gasteiger partial charge in [0.25, 0.3) is 0 Å². The van der Waals surface area contributed by atoms with Crippen LogP contribution in [0, 0.1) is 5.92 Å². The predicted molar refractivity (Wildman–Crippen MR) is 68.3 cm³/mol. The summed E-state index contributed by atoms with van der Waals surface area (Å²) in [6, 6.07) is 0.173. The number of hydrogen-bond donors (Lipinski definition) is 1. The van der Waals surface area contributed by atoms with Crippen LogP contribution in [0.15, 0.2) is 4.42 Å². The molecular formula is C13H23N3O2. The Labute approximate surface area is 108 Å². The molecule has 0 saturated carbocycles. The zero-order valence-corrected chi connectivity index (χ0v) is 11.5. The first-order valence-corrected chi connectivity index (χ1v) is 6.90. The Hall–Kier alpha value is -0.940. The highest BCUT2D eigenvalue weighted by Gasteiger charge is 2.29. The fraction of sp³-hybridized carbons (Fsp3) is 0.846. The molecule has 0 aromatic carbocycles. The Morgan fingerprint density at radius 1 is 1.39 bits per heavy atom. The summed E-state index contributed by atoms with van der Waals surface area (Å²) in [4.78, 5) is 0. The molecule has 1 aromatic rings. The first kappa shape index (κ1) is 13.5. The molecule has 0 radical (unpaired) electrons. The van der Waals surface area contributed by atoms with E-state index in [0.717, 1.165) is 38.5 Å². The van der Waals surface area contributed by atoms with Crippen molar-refractivity contribution in [2.45, 2.75) is 45.6 Å². The average molecular weight is 253 g/mol. The predicted octanol–water partition coefficient (Wildman–Crippen LogP) is 2.27. The van der Waals surface area contributed by atoms with E-state index in [2.05, 4.69) is 36.3 Å². The van der Waals surface area contributed by atoms with Gasteiger partial charge in [0.05, 0.1) is 6.04 Å². The van der Waals surface area contributed by atoms with Gasteiger partial charge in [-0.1, -0.05) is 20.8 Å². The molecule has 102 valence electrons. The zero-order valence-electron chi connectivity index (χ0n) is 11.5. The maximum Gasteiger partial charge on any atom is 0.233 e. The Morgan fingerprint density at radius 2 is 2.22 bits per heavy atom. The van der Waals surface area contributed by atoms with Gasteiger partial charge >= 0.3 is 0 Å². The molecule has 2 rings (SSSR count). The molecule has 1 aliphatic heterocycles. The van der Waals surface area contributed by atoms with Crippen molar-refractivity contribution in [1.82, 2.24) is 15.5 Å². The minimum absolute atomic E-state index is 0.173. The highest BCUT2D eigenvalue weighted by atomic mass is 16.5. The van der Waals surface area contributed by atoms with Gasteiger partial charge in [0.1, 0.15) is 0 Å². The van der Waals surface area contributed by atoms with E-state index in [4.69, 9.17) is 9.15 Å². The van der Waals surface area contributed by atoms with Crippen LogP contribution in [0.2, 0.25) is 0 Å². The second-order valence-corrected chi connectivity index (χ2v) is 4.94. The van der Waals surface area contributed by atoms with Gasteiger partial charge in [0.2, 0.25) is 11.8 Å². The molecule has 3 atom stereocenters. The van der Waals surface area contributed by atoms with Crippen LogP contribution < -0.4 is 5.32 Å². The molecule has 1 fully saturated rings. The van der Waals surface area contributed by atoms with Gasteiger partial charge in [-0.05, 0) is 25.3 Å². The summed E-state index contributed by atoms with van der Waals surface area (Å²) in [5.41, 5.74) is 0. The fourth-order valence-electron chi connectivity index (χ4n) is 2.44. The normalized spacial score (nSPS) is 26.2. The molecule has 18 heavy (non-hydrogen) atoms. The molecule has 3 unspecified atom stereocenters. The molecule has 1 saturated heterocycles. The Kier molecular flexibility index (Phi) is 4.72. The molecular weight excluding hydrogens is 230 g/mol. The third-order valence-corrected chi connectivity index (χ3v) is 3.57. The minimum Gasteiger partial charge on any atom is -0.423 e. The van der Waals surface area contributed by atoms with Crippen molar-refractivity contribution in [2.24, 2.45) is 5.92 Å². The Bertz CT molecular complexity index is 367. The minimum atomic E-state index is 0.173. The van der Waals surface area contributed by atoms with Crippen LogP contribution in [-0.4, -0.2) is 30.0 Å². The molecule has 0 spiro atoms. The maximum absolute atomic E-state index is 5.86. The SMILES string of the molecule is CCNC(CC)c1nnc(C2CCOCC2C)o1. The summed E-state index contributed by atoms with van der Waals surface area (Å²) in [7, 11) is 0. The van der Waals surface area contributed by atoms with Crippen molar-refractivity contribution in [3.8, 4) is 0 Å². The van der Waals surface area contributed by atoms with E-state index < -0.39 is 0 Å². The number of aromatic nitrogens is 2. The van der Waals surface area contributed by atoms with Gasteiger partial charge in [-0.2, -0.15) is 0 Å². The van der Waals surface area contributed by atoms with Crippen LogP contribution in [-0.2, 0) is 4.74 Å². The van der Waals surface area contributed by atoms with Gasteiger partial charge in [-0.3, -0.25) is 0 Å². The van der Waals surface area contributed by atoms with E-state index in [0.29, 0.717) is 17.7 Å². The van der Waals surface area contributed by atoms with Crippen molar-refractivity contribution < 1.29 is 9.15 Å². The van der Waals surface area contributed by atoms with Crippen LogP contribution in [0.1, 0.15) is 57.4 Å². The molecule has 5 nitrogen and oxygen atoms in total. The number of hydrogen-bond acceptors (Lipinski definition) is 5. The van der Waals surface area contributed by atoms with Gasteiger partial charge in [0.15, 0.2) is 0 Å². The second kappa shape index (κ2) is 6.29. The standard InChI is InChI=1S/C13H23N3O2/c1-4-11(14-5-2)13-16-15-12(18-13)10-6-7-17-8-9(10)3/h9-11,14H,4-8H2,1-3H3. The van der Waals surface area contributed by atoms with E-state index in [9.17, 15) is 0 Å². The maximum atomic E-state index is 5.86. The number of nitrogens with zero attached hydrogens (tertiary/aromatic N) is 2. The Balaban J connectivity index is 2.08. The zero-order chi connectivity index (χ0) is 13.0. The van der Waals surface area contributed by atoms with Gasteiger partial charge in [-0.15, -0.1) is 10.2 Å². The largest absolute Gasteiger partial charge is 0.423 e. The summed E-state index contributed by atoms with van der Waals surface area (Å²) >= 11 is 0. The topological polar surface area (TPSA) is 60.2 Å². The lowest BCUT2D eigenvalue weighted by Gasteiger charge is -2.25. The summed E-state index contributed by atoms with van der Waals surface area (Å²) in [6.07, 6.45) is 1.93. The van der Waals surface area contributed by atoms with Crippen LogP contribution in [0.5, 0.6) is 0 Å². The van der Waals surface area contributed by atoms with E-state index in [1.807, 2.05) is 0 Å². The lowest BCUT2D eigenvalue weighted by atomic mass is 9.90. The molecule has 2 heterocycles. The number of ether oxygens (including phenoxy) is 1. The van der Waals surface area contributed by atoms with E-state index in [-0.39, 0.29) is 6.04 Å². The van der Waals surface area contributed by atoms with E-state index >= 15 is 0 Å². The summed E-state index contributed by atoms with van der Waals surface area (Å²) in [5.74, 6) is 2.29. The van der Waals surface area contributed by atoms with Crippen LogP contribution >= 0.6 is 0 Å². The van der Waals surface area contributed by atoms with Crippen LogP contribution in [0.3, 0.4) is 0 Å². The molecule has 1 N–H and O–H groups in total. The third-order valence-electron chi connectivity index (χ3n) is 3.57. The van der Waals surface area contributed by atoms with Crippen molar-refractivity contribution in [3.05, 3.63) is 11.8 Å². The average Bonchev–Trinajstić information content (AvgIpc) is 2.85. The molecule has 0 bridgehead atoms. The van der Waals surface area contributed by atoms with Gasteiger partial charge in [-0.25, -0.2) is 0 Å². The fourth-order valence-corrected chi connectivity index (χ4v) is 2.44. The molecule has 1 aliphatic rings. The third kappa shape index (κ3) is 2.90.